The summed E-state index contributed by atoms with van der Waals surface area (Å²) < 4.78 is 11.2. The molecule has 2 aromatic rings. The van der Waals surface area contributed by atoms with Crippen molar-refractivity contribution in [1.82, 2.24) is 10.6 Å². The fourth-order valence-electron chi connectivity index (χ4n) is 2.44. The number of nitrogens with one attached hydrogen (secondary N) is 2. The number of hydrogen-bond donors (Lipinski definition) is 2. The number of carbonyl (C=O) groups excluding carboxylic acids is 1. The van der Waals surface area contributed by atoms with Crippen molar-refractivity contribution in [2.45, 2.75) is 20.3 Å². The van der Waals surface area contributed by atoms with Crippen LogP contribution in [0.4, 0.5) is 4.79 Å². The molecule has 0 fully saturated rings. The molecule has 0 spiro atoms. The highest BCUT2D eigenvalue weighted by atomic mass is 35.5. The molecule has 0 aliphatic heterocycles. The summed E-state index contributed by atoms with van der Waals surface area (Å²) in [5.41, 5.74) is 1.91. The Hall–Kier alpha value is -2.66. The molecule has 0 aliphatic carbocycles. The maximum atomic E-state index is 11.9. The van der Waals surface area contributed by atoms with Gasteiger partial charge in [0.15, 0.2) is 11.5 Å². The number of hydrogen-bond acceptors (Lipinski definition) is 3. The Labute approximate surface area is 165 Å². The van der Waals surface area contributed by atoms with E-state index in [2.05, 4.69) is 10.6 Å². The highest BCUT2D eigenvalue weighted by Gasteiger charge is 2.06. The van der Waals surface area contributed by atoms with Gasteiger partial charge in [0, 0.05) is 17.8 Å². The van der Waals surface area contributed by atoms with E-state index in [-0.39, 0.29) is 6.03 Å². The Morgan fingerprint density at radius 2 is 1.81 bits per heavy atom. The van der Waals surface area contributed by atoms with Gasteiger partial charge < -0.3 is 20.1 Å². The molecule has 6 heteroatoms. The van der Waals surface area contributed by atoms with Crippen molar-refractivity contribution >= 4 is 23.7 Å². The molecule has 0 aliphatic rings. The van der Waals surface area contributed by atoms with Gasteiger partial charge in [-0.3, -0.25) is 0 Å². The Balaban J connectivity index is 1.80. The van der Waals surface area contributed by atoms with Crippen molar-refractivity contribution in [2.24, 2.45) is 0 Å². The second-order valence-electron chi connectivity index (χ2n) is 5.65. The van der Waals surface area contributed by atoms with Crippen molar-refractivity contribution in [2.75, 3.05) is 19.8 Å². The third-order valence-corrected chi connectivity index (χ3v) is 4.03. The molecule has 0 heterocycles. The van der Waals surface area contributed by atoms with Crippen molar-refractivity contribution in [1.29, 1.82) is 0 Å². The normalized spacial score (nSPS) is 10.6. The molecule has 0 saturated carbocycles. The van der Waals surface area contributed by atoms with Crippen LogP contribution in [-0.4, -0.2) is 25.8 Å². The summed E-state index contributed by atoms with van der Waals surface area (Å²) >= 11 is 6.06. The first kappa shape index (κ1) is 20.6. The van der Waals surface area contributed by atoms with E-state index < -0.39 is 0 Å². The molecule has 2 amide bonds. The van der Waals surface area contributed by atoms with Crippen LogP contribution in [0.3, 0.4) is 0 Å². The molecule has 2 N–H and O–H groups in total. The molecule has 2 aromatic carbocycles. The van der Waals surface area contributed by atoms with Crippen LogP contribution in [0.2, 0.25) is 5.02 Å². The lowest BCUT2D eigenvalue weighted by Gasteiger charge is -2.12. The van der Waals surface area contributed by atoms with Crippen LogP contribution in [0.25, 0.3) is 6.08 Å². The summed E-state index contributed by atoms with van der Waals surface area (Å²) in [6.07, 6.45) is 4.01. The lowest BCUT2D eigenvalue weighted by molar-refractivity contribution is 0.244. The highest BCUT2D eigenvalue weighted by Crippen LogP contribution is 2.28. The summed E-state index contributed by atoms with van der Waals surface area (Å²) in [4.78, 5) is 11.9. The average molecular weight is 389 g/mol. The molecule has 27 heavy (non-hydrogen) atoms. The third kappa shape index (κ3) is 6.87. The zero-order valence-electron chi connectivity index (χ0n) is 15.6. The number of amides is 2. The van der Waals surface area contributed by atoms with Gasteiger partial charge in [0.1, 0.15) is 0 Å². The van der Waals surface area contributed by atoms with E-state index in [1.54, 1.807) is 18.3 Å². The van der Waals surface area contributed by atoms with E-state index in [1.807, 2.05) is 50.2 Å². The molecule has 0 saturated heterocycles. The van der Waals surface area contributed by atoms with Gasteiger partial charge in [-0.05, 0) is 55.7 Å². The van der Waals surface area contributed by atoms with Crippen LogP contribution in [0, 0.1) is 0 Å². The SMILES string of the molecule is CCOc1ccc(CCNC(=O)N/C=C/c2ccccc2Cl)cc1OCC. The zero-order chi connectivity index (χ0) is 19.5. The Kier molecular flexibility index (Phi) is 8.52. The third-order valence-electron chi connectivity index (χ3n) is 3.69. The summed E-state index contributed by atoms with van der Waals surface area (Å²) in [7, 11) is 0. The standard InChI is InChI=1S/C21H25ClN2O3/c1-3-26-19-10-9-16(15-20(19)27-4-2)11-13-23-21(25)24-14-12-17-7-5-6-8-18(17)22/h5-10,12,14-15H,3-4,11,13H2,1-2H3,(H2,23,24,25)/b14-12+. The highest BCUT2D eigenvalue weighted by molar-refractivity contribution is 6.32. The van der Waals surface area contributed by atoms with Crippen LogP contribution in [-0.2, 0) is 6.42 Å². The van der Waals surface area contributed by atoms with Crippen LogP contribution in [0.1, 0.15) is 25.0 Å². The monoisotopic (exact) mass is 388 g/mol. The number of halogens is 1. The van der Waals surface area contributed by atoms with E-state index in [1.165, 1.54) is 0 Å². The molecule has 2 rings (SSSR count). The van der Waals surface area contributed by atoms with Gasteiger partial charge >= 0.3 is 6.03 Å². The van der Waals surface area contributed by atoms with Gasteiger partial charge in [-0.15, -0.1) is 0 Å². The Morgan fingerprint density at radius 3 is 2.56 bits per heavy atom. The van der Waals surface area contributed by atoms with Gasteiger partial charge in [0.2, 0.25) is 0 Å². The Bertz CT molecular complexity index is 778. The molecule has 0 unspecified atom stereocenters. The van der Waals surface area contributed by atoms with Gasteiger partial charge in [-0.1, -0.05) is 35.9 Å². The average Bonchev–Trinajstić information content (AvgIpc) is 2.66. The molecule has 5 nitrogen and oxygen atoms in total. The van der Waals surface area contributed by atoms with Crippen LogP contribution >= 0.6 is 11.6 Å². The first-order valence-corrected chi connectivity index (χ1v) is 9.35. The minimum absolute atomic E-state index is 0.269. The lowest BCUT2D eigenvalue weighted by atomic mass is 10.1. The van der Waals surface area contributed by atoms with Gasteiger partial charge in [-0.2, -0.15) is 0 Å². The summed E-state index contributed by atoms with van der Waals surface area (Å²) in [5, 5.41) is 6.12. The van der Waals surface area contributed by atoms with E-state index in [4.69, 9.17) is 21.1 Å². The smallest absolute Gasteiger partial charge is 0.318 e. The van der Waals surface area contributed by atoms with E-state index in [0.29, 0.717) is 31.2 Å². The fraction of sp³-hybridized carbons (Fsp3) is 0.286. The summed E-state index contributed by atoms with van der Waals surface area (Å²) in [5.74, 6) is 1.46. The second-order valence-corrected chi connectivity index (χ2v) is 6.06. The molecule has 144 valence electrons. The van der Waals surface area contributed by atoms with Crippen molar-refractivity contribution in [3.63, 3.8) is 0 Å². The van der Waals surface area contributed by atoms with Gasteiger partial charge in [0.25, 0.3) is 0 Å². The van der Waals surface area contributed by atoms with E-state index >= 15 is 0 Å². The maximum absolute atomic E-state index is 11.9. The molecular formula is C21H25ClN2O3. The minimum Gasteiger partial charge on any atom is -0.490 e. The van der Waals surface area contributed by atoms with Gasteiger partial charge in [-0.25, -0.2) is 4.79 Å². The number of benzene rings is 2. The molecule has 0 radical (unpaired) electrons. The van der Waals surface area contributed by atoms with Crippen LogP contribution in [0.15, 0.2) is 48.7 Å². The van der Waals surface area contributed by atoms with Crippen LogP contribution in [0.5, 0.6) is 11.5 Å². The summed E-state index contributed by atoms with van der Waals surface area (Å²) in [6.45, 7) is 5.53. The topological polar surface area (TPSA) is 59.6 Å². The number of ether oxygens (including phenoxy) is 2. The van der Waals surface area contributed by atoms with Crippen molar-refractivity contribution in [3.8, 4) is 11.5 Å². The van der Waals surface area contributed by atoms with Crippen molar-refractivity contribution < 1.29 is 14.3 Å². The second kappa shape index (κ2) is 11.1. The van der Waals surface area contributed by atoms with Crippen molar-refractivity contribution in [3.05, 3.63) is 64.8 Å². The predicted molar refractivity (Wildman–Crippen MR) is 110 cm³/mol. The Morgan fingerprint density at radius 1 is 1.07 bits per heavy atom. The molecular weight excluding hydrogens is 364 g/mol. The molecule has 0 atom stereocenters. The molecule has 0 aromatic heterocycles. The van der Waals surface area contributed by atoms with E-state index in [0.717, 1.165) is 22.6 Å². The maximum Gasteiger partial charge on any atom is 0.318 e. The predicted octanol–water partition coefficient (Wildman–Crippen LogP) is 4.65. The number of urea groups is 1. The number of carbonyl (C=O) groups is 1. The number of rotatable bonds is 9. The lowest BCUT2D eigenvalue weighted by Crippen LogP contribution is -2.33. The first-order valence-electron chi connectivity index (χ1n) is 8.98. The van der Waals surface area contributed by atoms with E-state index in [9.17, 15) is 4.79 Å². The quantitative estimate of drug-likeness (QED) is 0.657. The fourth-order valence-corrected chi connectivity index (χ4v) is 2.64. The minimum atomic E-state index is -0.269. The zero-order valence-corrected chi connectivity index (χ0v) is 16.4. The summed E-state index contributed by atoms with van der Waals surface area (Å²) in [6, 6.07) is 13.0. The van der Waals surface area contributed by atoms with Gasteiger partial charge in [0.05, 0.1) is 13.2 Å². The largest absolute Gasteiger partial charge is 0.490 e. The van der Waals surface area contributed by atoms with Crippen LogP contribution < -0.4 is 20.1 Å². The first-order chi connectivity index (χ1) is 13.1. The molecule has 0 bridgehead atoms.